The van der Waals surface area contributed by atoms with Crippen LogP contribution in [0.4, 0.5) is 0 Å². The highest BCUT2D eigenvalue weighted by atomic mass is 16.5. The summed E-state index contributed by atoms with van der Waals surface area (Å²) in [4.78, 5) is 0. The molecule has 3 aromatic rings. The van der Waals surface area contributed by atoms with Gasteiger partial charge in [-0.3, -0.25) is 0 Å². The van der Waals surface area contributed by atoms with Gasteiger partial charge in [0.05, 0.1) is 0 Å². The topological polar surface area (TPSA) is 49.7 Å². The molecule has 0 radical (unpaired) electrons. The smallest absolute Gasteiger partial charge is 0.128 e. The molecule has 0 aliphatic heterocycles. The van der Waals surface area contributed by atoms with Gasteiger partial charge in [0.1, 0.15) is 22.8 Å². The van der Waals surface area contributed by atoms with Crippen molar-refractivity contribution in [3.63, 3.8) is 0 Å². The fourth-order valence-electron chi connectivity index (χ4n) is 2.75. The van der Waals surface area contributed by atoms with Gasteiger partial charge in [-0.15, -0.1) is 0 Å². The molecule has 0 aromatic heterocycles. The molecule has 3 heteroatoms. The van der Waals surface area contributed by atoms with Gasteiger partial charge in [0.2, 0.25) is 0 Å². The van der Waals surface area contributed by atoms with Gasteiger partial charge in [-0.05, 0) is 67.8 Å². The van der Waals surface area contributed by atoms with Crippen LogP contribution in [-0.2, 0) is 0 Å². The minimum Gasteiger partial charge on any atom is -0.508 e. The van der Waals surface area contributed by atoms with Crippen LogP contribution in [0.15, 0.2) is 66.7 Å². The van der Waals surface area contributed by atoms with Gasteiger partial charge in [-0.2, -0.15) is 0 Å². The van der Waals surface area contributed by atoms with E-state index in [4.69, 9.17) is 4.74 Å². The minimum absolute atomic E-state index is 0.226. The molecule has 0 unspecified atom stereocenters. The first-order chi connectivity index (χ1) is 11.8. The second kappa shape index (κ2) is 6.52. The number of hydrogen-bond donors (Lipinski definition) is 2. The molecule has 25 heavy (non-hydrogen) atoms. The Labute approximate surface area is 148 Å². The number of ether oxygens (including phenoxy) is 1. The van der Waals surface area contributed by atoms with Crippen molar-refractivity contribution in [2.24, 2.45) is 0 Å². The summed E-state index contributed by atoms with van der Waals surface area (Å²) in [6.45, 7) is 6.04. The van der Waals surface area contributed by atoms with Crippen molar-refractivity contribution in [3.8, 4) is 39.5 Å². The lowest BCUT2D eigenvalue weighted by Crippen LogP contribution is -2.23. The molecule has 0 spiro atoms. The number of phenolic OH excluding ortho intramolecular Hbond substituents is 2. The highest BCUT2D eigenvalue weighted by Crippen LogP contribution is 2.41. The van der Waals surface area contributed by atoms with Gasteiger partial charge >= 0.3 is 0 Å². The molecule has 0 bridgehead atoms. The Hall–Kier alpha value is -2.94. The molecular formula is C22H22O3. The summed E-state index contributed by atoms with van der Waals surface area (Å²) >= 11 is 0. The molecule has 0 fully saturated rings. The lowest BCUT2D eigenvalue weighted by Gasteiger charge is -2.25. The summed E-state index contributed by atoms with van der Waals surface area (Å²) in [7, 11) is 0. The second-order valence-corrected chi connectivity index (χ2v) is 6.99. The van der Waals surface area contributed by atoms with E-state index < -0.39 is 0 Å². The molecule has 0 saturated carbocycles. The maximum absolute atomic E-state index is 9.62. The predicted octanol–water partition coefficient (Wildman–Crippen LogP) is 5.61. The van der Waals surface area contributed by atoms with E-state index in [0.29, 0.717) is 0 Å². The average Bonchev–Trinajstić information content (AvgIpc) is 2.55. The predicted molar refractivity (Wildman–Crippen MR) is 101 cm³/mol. The SMILES string of the molecule is CC(C)(C)Oc1cccc(-c2ccc(O)cc2)c1-c1ccc(O)cc1. The van der Waals surface area contributed by atoms with Crippen molar-refractivity contribution in [1.29, 1.82) is 0 Å². The van der Waals surface area contributed by atoms with Crippen LogP contribution in [0.1, 0.15) is 20.8 Å². The molecule has 2 N–H and O–H groups in total. The summed E-state index contributed by atoms with van der Waals surface area (Å²) < 4.78 is 6.19. The Balaban J connectivity index is 2.22. The van der Waals surface area contributed by atoms with E-state index in [1.807, 2.05) is 63.2 Å². The molecule has 0 atom stereocenters. The molecule has 0 amide bonds. The van der Waals surface area contributed by atoms with Crippen molar-refractivity contribution in [2.75, 3.05) is 0 Å². The molecule has 3 aromatic carbocycles. The molecule has 0 aliphatic rings. The quantitative estimate of drug-likeness (QED) is 0.654. The van der Waals surface area contributed by atoms with Gasteiger partial charge < -0.3 is 14.9 Å². The lowest BCUT2D eigenvalue weighted by molar-refractivity contribution is 0.132. The van der Waals surface area contributed by atoms with E-state index in [-0.39, 0.29) is 17.1 Å². The van der Waals surface area contributed by atoms with E-state index in [0.717, 1.165) is 28.0 Å². The van der Waals surface area contributed by atoms with Crippen LogP contribution in [0.5, 0.6) is 17.2 Å². The summed E-state index contributed by atoms with van der Waals surface area (Å²) in [5.74, 6) is 1.24. The Kier molecular flexibility index (Phi) is 4.41. The van der Waals surface area contributed by atoms with Crippen LogP contribution in [0.2, 0.25) is 0 Å². The summed E-state index contributed by atoms with van der Waals surface area (Å²) in [5, 5.41) is 19.2. The van der Waals surface area contributed by atoms with E-state index >= 15 is 0 Å². The van der Waals surface area contributed by atoms with Crippen LogP contribution in [0, 0.1) is 0 Å². The minimum atomic E-state index is -0.334. The number of rotatable bonds is 3. The van der Waals surface area contributed by atoms with Crippen LogP contribution in [-0.4, -0.2) is 15.8 Å². The average molecular weight is 334 g/mol. The van der Waals surface area contributed by atoms with E-state index in [9.17, 15) is 10.2 Å². The van der Waals surface area contributed by atoms with E-state index in [2.05, 4.69) is 0 Å². The fourth-order valence-corrected chi connectivity index (χ4v) is 2.75. The molecule has 0 heterocycles. The van der Waals surface area contributed by atoms with Gasteiger partial charge in [0.25, 0.3) is 0 Å². The van der Waals surface area contributed by atoms with Crippen LogP contribution < -0.4 is 4.74 Å². The van der Waals surface area contributed by atoms with Crippen LogP contribution in [0.3, 0.4) is 0 Å². The zero-order valence-electron chi connectivity index (χ0n) is 14.7. The summed E-state index contributed by atoms with van der Waals surface area (Å²) in [6.07, 6.45) is 0. The second-order valence-electron chi connectivity index (χ2n) is 6.99. The highest BCUT2D eigenvalue weighted by molar-refractivity contribution is 5.88. The van der Waals surface area contributed by atoms with Crippen molar-refractivity contribution in [1.82, 2.24) is 0 Å². The Morgan fingerprint density at radius 2 is 1.20 bits per heavy atom. The number of aromatic hydroxyl groups is 2. The van der Waals surface area contributed by atoms with Crippen molar-refractivity contribution in [3.05, 3.63) is 66.7 Å². The van der Waals surface area contributed by atoms with Crippen molar-refractivity contribution >= 4 is 0 Å². The third-order valence-electron chi connectivity index (χ3n) is 3.78. The van der Waals surface area contributed by atoms with Crippen LogP contribution >= 0.6 is 0 Å². The zero-order chi connectivity index (χ0) is 18.0. The first-order valence-electron chi connectivity index (χ1n) is 8.24. The molecule has 128 valence electrons. The Morgan fingerprint density at radius 3 is 1.72 bits per heavy atom. The maximum atomic E-state index is 9.62. The largest absolute Gasteiger partial charge is 0.508 e. The van der Waals surface area contributed by atoms with Gasteiger partial charge in [0.15, 0.2) is 0 Å². The fraction of sp³-hybridized carbons (Fsp3) is 0.182. The summed E-state index contributed by atoms with van der Waals surface area (Å²) in [5.41, 5.74) is 3.58. The summed E-state index contributed by atoms with van der Waals surface area (Å²) in [6, 6.07) is 20.2. The van der Waals surface area contributed by atoms with Gasteiger partial charge in [-0.25, -0.2) is 0 Å². The number of hydrogen-bond acceptors (Lipinski definition) is 3. The van der Waals surface area contributed by atoms with Gasteiger partial charge in [-0.1, -0.05) is 36.4 Å². The van der Waals surface area contributed by atoms with E-state index in [1.54, 1.807) is 24.3 Å². The monoisotopic (exact) mass is 334 g/mol. The Bertz CT molecular complexity index is 857. The maximum Gasteiger partial charge on any atom is 0.128 e. The normalized spacial score (nSPS) is 11.3. The molecule has 3 rings (SSSR count). The molecule has 0 saturated heterocycles. The molecule has 0 aliphatic carbocycles. The van der Waals surface area contributed by atoms with Crippen molar-refractivity contribution in [2.45, 2.75) is 26.4 Å². The van der Waals surface area contributed by atoms with E-state index in [1.165, 1.54) is 0 Å². The standard InChI is InChI=1S/C22H22O3/c1-22(2,3)25-20-6-4-5-19(15-7-11-17(23)12-8-15)21(20)16-9-13-18(24)14-10-16/h4-14,23-24H,1-3H3. The molecular weight excluding hydrogens is 312 g/mol. The zero-order valence-corrected chi connectivity index (χ0v) is 14.7. The molecule has 3 nitrogen and oxygen atoms in total. The first-order valence-corrected chi connectivity index (χ1v) is 8.24. The Morgan fingerprint density at radius 1 is 0.680 bits per heavy atom. The number of benzene rings is 3. The number of phenols is 2. The third-order valence-corrected chi connectivity index (χ3v) is 3.78. The van der Waals surface area contributed by atoms with Gasteiger partial charge in [0, 0.05) is 5.56 Å². The van der Waals surface area contributed by atoms with Crippen molar-refractivity contribution < 1.29 is 14.9 Å². The lowest BCUT2D eigenvalue weighted by atomic mass is 9.93. The third kappa shape index (κ3) is 3.94. The first kappa shape index (κ1) is 16.9. The highest BCUT2D eigenvalue weighted by Gasteiger charge is 2.19. The van der Waals surface area contributed by atoms with Crippen LogP contribution in [0.25, 0.3) is 22.3 Å².